The second-order valence-corrected chi connectivity index (χ2v) is 9.49. The summed E-state index contributed by atoms with van der Waals surface area (Å²) in [6.07, 6.45) is 0.644. The highest BCUT2D eigenvalue weighted by molar-refractivity contribution is 6.30. The monoisotopic (exact) mass is 510 g/mol. The normalized spacial score (nSPS) is 11.6. The van der Waals surface area contributed by atoms with Gasteiger partial charge in [0, 0.05) is 37.4 Å². The van der Waals surface area contributed by atoms with Gasteiger partial charge in [0.15, 0.2) is 0 Å². The summed E-state index contributed by atoms with van der Waals surface area (Å²) in [5, 5.41) is 3.37. The number of rotatable bonds is 10. The van der Waals surface area contributed by atoms with Crippen molar-refractivity contribution in [3.63, 3.8) is 0 Å². The fourth-order valence-electron chi connectivity index (χ4n) is 4.64. The van der Waals surface area contributed by atoms with Gasteiger partial charge in [-0.25, -0.2) is 0 Å². The molecule has 0 radical (unpaired) electrons. The lowest BCUT2D eigenvalue weighted by molar-refractivity contribution is -0.141. The quantitative estimate of drug-likeness (QED) is 0.274. The molecule has 1 atom stereocenters. The van der Waals surface area contributed by atoms with Gasteiger partial charge < -0.3 is 10.2 Å². The van der Waals surface area contributed by atoms with Crippen molar-refractivity contribution in [2.45, 2.75) is 31.3 Å². The van der Waals surface area contributed by atoms with Gasteiger partial charge in [0.2, 0.25) is 11.8 Å². The molecule has 0 aliphatic heterocycles. The number of nitrogens with zero attached hydrogens (tertiary/aromatic N) is 1. The van der Waals surface area contributed by atoms with E-state index in [0.29, 0.717) is 11.4 Å². The number of carbonyl (C=O) groups is 2. The third-order valence-corrected chi connectivity index (χ3v) is 6.78. The van der Waals surface area contributed by atoms with Crippen LogP contribution in [0.25, 0.3) is 0 Å². The van der Waals surface area contributed by atoms with Gasteiger partial charge >= 0.3 is 0 Å². The van der Waals surface area contributed by atoms with Crippen LogP contribution in [-0.4, -0.2) is 29.8 Å². The molecule has 4 nitrogen and oxygen atoms in total. The van der Waals surface area contributed by atoms with Crippen LogP contribution in [0.2, 0.25) is 5.02 Å². The topological polar surface area (TPSA) is 49.4 Å². The predicted molar refractivity (Wildman–Crippen MR) is 149 cm³/mol. The molecule has 2 amide bonds. The minimum atomic E-state index is -0.675. The van der Waals surface area contributed by atoms with Crippen molar-refractivity contribution in [3.8, 4) is 0 Å². The van der Waals surface area contributed by atoms with E-state index in [2.05, 4.69) is 5.32 Å². The number of hydrogen-bond donors (Lipinski definition) is 1. The fourth-order valence-corrected chi connectivity index (χ4v) is 4.86. The molecular weight excluding hydrogens is 480 g/mol. The second kappa shape index (κ2) is 12.9. The molecule has 0 aliphatic rings. The first kappa shape index (κ1) is 26.2. The van der Waals surface area contributed by atoms with Gasteiger partial charge in [-0.2, -0.15) is 0 Å². The van der Waals surface area contributed by atoms with E-state index < -0.39 is 6.04 Å². The van der Waals surface area contributed by atoms with E-state index in [9.17, 15) is 9.59 Å². The summed E-state index contributed by atoms with van der Waals surface area (Å²) in [4.78, 5) is 29.1. The summed E-state index contributed by atoms with van der Waals surface area (Å²) < 4.78 is 0. The Bertz CT molecular complexity index is 1260. The third kappa shape index (κ3) is 7.08. The Hall–Kier alpha value is -3.89. The summed E-state index contributed by atoms with van der Waals surface area (Å²) in [6, 6.07) is 36.7. The summed E-state index contributed by atoms with van der Waals surface area (Å²) in [6.45, 7) is 0.278. The van der Waals surface area contributed by atoms with Crippen molar-refractivity contribution in [2.24, 2.45) is 0 Å². The summed E-state index contributed by atoms with van der Waals surface area (Å²) in [5.74, 6) is -0.434. The molecule has 0 saturated carbocycles. The van der Waals surface area contributed by atoms with Crippen LogP contribution in [0.3, 0.4) is 0 Å². The van der Waals surface area contributed by atoms with Crippen LogP contribution in [0, 0.1) is 0 Å². The van der Waals surface area contributed by atoms with Crippen LogP contribution >= 0.6 is 11.6 Å². The van der Waals surface area contributed by atoms with Crippen molar-refractivity contribution in [1.82, 2.24) is 10.2 Å². The van der Waals surface area contributed by atoms with Crippen molar-refractivity contribution in [1.29, 1.82) is 0 Å². The Morgan fingerprint density at radius 1 is 0.757 bits per heavy atom. The van der Waals surface area contributed by atoms with Crippen molar-refractivity contribution in [2.75, 3.05) is 7.05 Å². The molecule has 37 heavy (non-hydrogen) atoms. The van der Waals surface area contributed by atoms with Gasteiger partial charge in [-0.1, -0.05) is 115 Å². The fraction of sp³-hybridized carbons (Fsp3) is 0.188. The van der Waals surface area contributed by atoms with Crippen molar-refractivity contribution in [3.05, 3.63) is 143 Å². The van der Waals surface area contributed by atoms with Gasteiger partial charge in [-0.15, -0.1) is 0 Å². The molecule has 4 rings (SSSR count). The number of benzene rings is 4. The van der Waals surface area contributed by atoms with Gasteiger partial charge in [0.05, 0.1) is 0 Å². The standard InChI is InChI=1S/C32H31ClN2O2/c1-34-32(37)30(21-24-12-5-2-6-13-24)35(23-25-14-11-19-28(33)20-25)31(36)22-29(26-15-7-3-8-16-26)27-17-9-4-10-18-27/h2-20,29-30H,21-23H2,1H3,(H,34,37). The van der Waals surface area contributed by atoms with Gasteiger partial charge in [-0.05, 0) is 34.4 Å². The van der Waals surface area contributed by atoms with Crippen molar-refractivity contribution >= 4 is 23.4 Å². The van der Waals surface area contributed by atoms with E-state index >= 15 is 0 Å². The molecule has 5 heteroatoms. The number of likely N-dealkylation sites (N-methyl/N-ethyl adjacent to an activating group) is 1. The lowest BCUT2D eigenvalue weighted by Crippen LogP contribution is -2.50. The van der Waals surface area contributed by atoms with E-state index in [4.69, 9.17) is 11.6 Å². The molecule has 0 saturated heterocycles. The minimum Gasteiger partial charge on any atom is -0.357 e. The molecule has 0 spiro atoms. The smallest absolute Gasteiger partial charge is 0.242 e. The van der Waals surface area contributed by atoms with Crippen molar-refractivity contribution < 1.29 is 9.59 Å². The summed E-state index contributed by atoms with van der Waals surface area (Å²) in [5.41, 5.74) is 3.98. The second-order valence-electron chi connectivity index (χ2n) is 9.05. The maximum absolute atomic E-state index is 14.2. The zero-order valence-electron chi connectivity index (χ0n) is 20.9. The molecule has 0 aliphatic carbocycles. The first-order valence-corrected chi connectivity index (χ1v) is 12.8. The molecule has 1 unspecified atom stereocenters. The lowest BCUT2D eigenvalue weighted by atomic mass is 9.87. The molecule has 4 aromatic carbocycles. The Balaban J connectivity index is 1.71. The molecule has 0 heterocycles. The van der Waals surface area contributed by atoms with E-state index in [-0.39, 0.29) is 30.7 Å². The highest BCUT2D eigenvalue weighted by Gasteiger charge is 2.31. The molecule has 4 aromatic rings. The SMILES string of the molecule is CNC(=O)C(Cc1ccccc1)N(Cc1cccc(Cl)c1)C(=O)CC(c1ccccc1)c1ccccc1. The highest BCUT2D eigenvalue weighted by atomic mass is 35.5. The van der Waals surface area contributed by atoms with Gasteiger partial charge in [-0.3, -0.25) is 9.59 Å². The average molecular weight is 511 g/mol. The highest BCUT2D eigenvalue weighted by Crippen LogP contribution is 2.30. The van der Waals surface area contributed by atoms with Crippen LogP contribution in [0.15, 0.2) is 115 Å². The Morgan fingerprint density at radius 3 is 1.84 bits per heavy atom. The average Bonchev–Trinajstić information content (AvgIpc) is 2.94. The molecule has 0 aromatic heterocycles. The number of nitrogens with one attached hydrogen (secondary N) is 1. The van der Waals surface area contributed by atoms with Gasteiger partial charge in [0.1, 0.15) is 6.04 Å². The maximum atomic E-state index is 14.2. The zero-order valence-corrected chi connectivity index (χ0v) is 21.6. The third-order valence-electron chi connectivity index (χ3n) is 6.54. The predicted octanol–water partition coefficient (Wildman–Crippen LogP) is 6.25. The molecule has 188 valence electrons. The first-order valence-electron chi connectivity index (χ1n) is 12.4. The Kier molecular flexibility index (Phi) is 9.12. The molecule has 1 N–H and O–H groups in total. The van der Waals surface area contributed by atoms with Crippen LogP contribution < -0.4 is 5.32 Å². The van der Waals surface area contributed by atoms with Crippen LogP contribution in [0.1, 0.15) is 34.6 Å². The number of hydrogen-bond acceptors (Lipinski definition) is 2. The van der Waals surface area contributed by atoms with Crippen LogP contribution in [0.4, 0.5) is 0 Å². The lowest BCUT2D eigenvalue weighted by Gasteiger charge is -2.32. The minimum absolute atomic E-state index is 0.0952. The van der Waals surface area contributed by atoms with E-state index in [0.717, 1.165) is 22.3 Å². The Labute approximate surface area is 223 Å². The van der Waals surface area contributed by atoms with E-state index in [1.165, 1.54) is 0 Å². The number of halogens is 1. The van der Waals surface area contributed by atoms with E-state index in [1.54, 1.807) is 18.0 Å². The summed E-state index contributed by atoms with van der Waals surface area (Å²) >= 11 is 6.27. The molecule has 0 fully saturated rings. The van der Waals surface area contributed by atoms with Gasteiger partial charge in [0.25, 0.3) is 0 Å². The van der Waals surface area contributed by atoms with E-state index in [1.807, 2.05) is 109 Å². The molecular formula is C32H31ClN2O2. The number of amides is 2. The van der Waals surface area contributed by atoms with Crippen LogP contribution in [0.5, 0.6) is 0 Å². The largest absolute Gasteiger partial charge is 0.357 e. The summed E-state index contributed by atoms with van der Waals surface area (Å²) in [7, 11) is 1.61. The number of carbonyl (C=O) groups excluding carboxylic acids is 2. The zero-order chi connectivity index (χ0) is 26.0. The van der Waals surface area contributed by atoms with Crippen LogP contribution in [-0.2, 0) is 22.6 Å². The maximum Gasteiger partial charge on any atom is 0.242 e. The first-order chi connectivity index (χ1) is 18.0. The Morgan fingerprint density at radius 2 is 1.30 bits per heavy atom. The molecule has 0 bridgehead atoms.